The Hall–Kier alpha value is -1.02. The van der Waals surface area contributed by atoms with Gasteiger partial charge in [0, 0.05) is 12.6 Å². The first kappa shape index (κ1) is 18.0. The van der Waals surface area contributed by atoms with Crippen LogP contribution in [0.1, 0.15) is 6.42 Å². The van der Waals surface area contributed by atoms with Gasteiger partial charge in [-0.2, -0.15) is 0 Å². The van der Waals surface area contributed by atoms with E-state index in [1.54, 1.807) is 6.07 Å². The second-order valence-electron chi connectivity index (χ2n) is 3.56. The zero-order valence-electron chi connectivity index (χ0n) is 10.9. The molecule has 0 fully saturated rings. The predicted molar refractivity (Wildman–Crippen MR) is 75.7 cm³/mol. The van der Waals surface area contributed by atoms with Gasteiger partial charge in [-0.05, 0) is 25.1 Å². The molecule has 6 nitrogen and oxygen atoms in total. The van der Waals surface area contributed by atoms with E-state index in [0.717, 1.165) is 0 Å². The molecule has 0 unspecified atom stereocenters. The van der Waals surface area contributed by atoms with Crippen LogP contribution in [0.5, 0.6) is 11.5 Å². The summed E-state index contributed by atoms with van der Waals surface area (Å²) >= 11 is 0. The Labute approximate surface area is 119 Å². The summed E-state index contributed by atoms with van der Waals surface area (Å²) in [6, 6.07) is 4.44. The minimum atomic E-state index is -3.53. The molecule has 0 amide bonds. The van der Waals surface area contributed by atoms with Gasteiger partial charge in [-0.1, -0.05) is 0 Å². The second-order valence-corrected chi connectivity index (χ2v) is 5.32. The van der Waals surface area contributed by atoms with Crippen LogP contribution >= 0.6 is 12.4 Å². The molecule has 1 aromatic rings. The monoisotopic (exact) mass is 310 g/mol. The lowest BCUT2D eigenvalue weighted by molar-refractivity contribution is 0.354. The van der Waals surface area contributed by atoms with E-state index < -0.39 is 10.0 Å². The minimum Gasteiger partial charge on any atom is -0.493 e. The number of nitrogens with two attached hydrogens (primary N) is 1. The molecule has 1 aromatic carbocycles. The standard InChI is InChI=1S/C11H18N2O4S.ClH/c1-16-10-5-4-9(8-11(10)17-2)18(14,15)13-7-3-6-12;/h4-5,8,13H,3,6-7,12H2,1-2H3;1H. The smallest absolute Gasteiger partial charge is 0.240 e. The summed E-state index contributed by atoms with van der Waals surface area (Å²) in [5.74, 6) is 0.859. The number of benzene rings is 1. The number of methoxy groups -OCH3 is 2. The summed E-state index contributed by atoms with van der Waals surface area (Å²) in [5.41, 5.74) is 5.31. The van der Waals surface area contributed by atoms with Gasteiger partial charge >= 0.3 is 0 Å². The van der Waals surface area contributed by atoms with Gasteiger partial charge in [0.15, 0.2) is 11.5 Å². The van der Waals surface area contributed by atoms with Crippen molar-refractivity contribution in [2.24, 2.45) is 5.73 Å². The lowest BCUT2D eigenvalue weighted by atomic mass is 10.3. The van der Waals surface area contributed by atoms with Crippen molar-refractivity contribution in [3.63, 3.8) is 0 Å². The topological polar surface area (TPSA) is 90.7 Å². The molecule has 0 radical (unpaired) electrons. The predicted octanol–water partition coefficient (Wildman–Crippen LogP) is 0.753. The molecule has 0 bridgehead atoms. The van der Waals surface area contributed by atoms with Crippen LogP contribution in [0, 0.1) is 0 Å². The zero-order chi connectivity index (χ0) is 13.6. The van der Waals surface area contributed by atoms with E-state index in [4.69, 9.17) is 15.2 Å². The molecule has 0 saturated carbocycles. The van der Waals surface area contributed by atoms with Crippen molar-refractivity contribution in [1.29, 1.82) is 0 Å². The Morgan fingerprint density at radius 1 is 1.21 bits per heavy atom. The highest BCUT2D eigenvalue weighted by atomic mass is 35.5. The summed E-state index contributed by atoms with van der Waals surface area (Å²) in [5, 5.41) is 0. The number of nitrogens with one attached hydrogen (secondary N) is 1. The van der Waals surface area contributed by atoms with Crippen LogP contribution in [0.15, 0.2) is 23.1 Å². The molecule has 8 heteroatoms. The molecule has 110 valence electrons. The Morgan fingerprint density at radius 3 is 2.37 bits per heavy atom. The maximum atomic E-state index is 11.9. The first-order valence-corrected chi connectivity index (χ1v) is 6.95. The van der Waals surface area contributed by atoms with Crippen molar-refractivity contribution in [1.82, 2.24) is 4.72 Å². The molecule has 1 rings (SSSR count). The fraction of sp³-hybridized carbons (Fsp3) is 0.455. The van der Waals surface area contributed by atoms with Crippen molar-refractivity contribution < 1.29 is 17.9 Å². The number of sulfonamides is 1. The van der Waals surface area contributed by atoms with E-state index in [1.165, 1.54) is 26.4 Å². The van der Waals surface area contributed by atoms with Crippen molar-refractivity contribution in [3.05, 3.63) is 18.2 Å². The van der Waals surface area contributed by atoms with Gasteiger partial charge in [0.05, 0.1) is 19.1 Å². The van der Waals surface area contributed by atoms with Crippen molar-refractivity contribution in [2.45, 2.75) is 11.3 Å². The average Bonchev–Trinajstić information content (AvgIpc) is 2.38. The van der Waals surface area contributed by atoms with Gasteiger partial charge in [0.2, 0.25) is 10.0 Å². The van der Waals surface area contributed by atoms with Crippen LogP contribution in [0.25, 0.3) is 0 Å². The average molecular weight is 311 g/mol. The SMILES string of the molecule is COc1ccc(S(=O)(=O)NCCCN)cc1OC.Cl. The van der Waals surface area contributed by atoms with Gasteiger partial charge in [0.25, 0.3) is 0 Å². The van der Waals surface area contributed by atoms with E-state index in [1.807, 2.05) is 0 Å². The lowest BCUT2D eigenvalue weighted by Gasteiger charge is -2.10. The summed E-state index contributed by atoms with van der Waals surface area (Å²) in [7, 11) is -0.585. The zero-order valence-corrected chi connectivity index (χ0v) is 12.5. The summed E-state index contributed by atoms with van der Waals surface area (Å²) in [4.78, 5) is 0.136. The fourth-order valence-electron chi connectivity index (χ4n) is 1.38. The molecule has 0 aliphatic heterocycles. The molecule has 0 aliphatic rings. The number of hydrogen-bond acceptors (Lipinski definition) is 5. The van der Waals surface area contributed by atoms with Gasteiger partial charge in [-0.3, -0.25) is 0 Å². The van der Waals surface area contributed by atoms with E-state index in [2.05, 4.69) is 4.72 Å². The van der Waals surface area contributed by atoms with Crippen LogP contribution in [-0.2, 0) is 10.0 Å². The summed E-state index contributed by atoms with van der Waals surface area (Å²) < 4.78 is 36.4. The molecule has 0 atom stereocenters. The first-order valence-electron chi connectivity index (χ1n) is 5.47. The Morgan fingerprint density at radius 2 is 1.84 bits per heavy atom. The van der Waals surface area contributed by atoms with Crippen molar-refractivity contribution in [2.75, 3.05) is 27.3 Å². The quantitative estimate of drug-likeness (QED) is 0.725. The van der Waals surface area contributed by atoms with Gasteiger partial charge < -0.3 is 15.2 Å². The van der Waals surface area contributed by atoms with Gasteiger partial charge in [-0.25, -0.2) is 13.1 Å². The minimum absolute atomic E-state index is 0. The molecule has 19 heavy (non-hydrogen) atoms. The molecule has 0 aromatic heterocycles. The third-order valence-corrected chi connectivity index (χ3v) is 3.80. The molecule has 0 saturated heterocycles. The van der Waals surface area contributed by atoms with E-state index in [0.29, 0.717) is 31.0 Å². The van der Waals surface area contributed by atoms with Crippen LogP contribution < -0.4 is 19.9 Å². The van der Waals surface area contributed by atoms with E-state index >= 15 is 0 Å². The normalized spacial score (nSPS) is 10.7. The van der Waals surface area contributed by atoms with Crippen LogP contribution in [0.2, 0.25) is 0 Å². The molecule has 0 aliphatic carbocycles. The van der Waals surface area contributed by atoms with Crippen LogP contribution in [0.4, 0.5) is 0 Å². The largest absolute Gasteiger partial charge is 0.493 e. The van der Waals surface area contributed by atoms with Crippen molar-refractivity contribution >= 4 is 22.4 Å². The summed E-state index contributed by atoms with van der Waals surface area (Å²) in [6.45, 7) is 0.752. The highest BCUT2D eigenvalue weighted by Crippen LogP contribution is 2.29. The molecule has 0 heterocycles. The number of hydrogen-bond donors (Lipinski definition) is 2. The molecule has 0 spiro atoms. The maximum Gasteiger partial charge on any atom is 0.240 e. The van der Waals surface area contributed by atoms with Crippen LogP contribution in [0.3, 0.4) is 0 Å². The third-order valence-electron chi connectivity index (χ3n) is 2.34. The second kappa shape index (κ2) is 8.21. The fourth-order valence-corrected chi connectivity index (χ4v) is 2.46. The Kier molecular flexibility index (Phi) is 7.77. The van der Waals surface area contributed by atoms with Crippen LogP contribution in [-0.4, -0.2) is 35.7 Å². The highest BCUT2D eigenvalue weighted by Gasteiger charge is 2.16. The Balaban J connectivity index is 0.00000324. The van der Waals surface area contributed by atoms with E-state index in [-0.39, 0.29) is 17.3 Å². The van der Waals surface area contributed by atoms with Gasteiger partial charge in [0.1, 0.15) is 0 Å². The molecular formula is C11H19ClN2O4S. The van der Waals surface area contributed by atoms with Gasteiger partial charge in [-0.15, -0.1) is 12.4 Å². The lowest BCUT2D eigenvalue weighted by Crippen LogP contribution is -2.26. The summed E-state index contributed by atoms with van der Waals surface area (Å²) in [6.07, 6.45) is 0.590. The molecular weight excluding hydrogens is 292 g/mol. The first-order chi connectivity index (χ1) is 8.55. The van der Waals surface area contributed by atoms with Crippen molar-refractivity contribution in [3.8, 4) is 11.5 Å². The number of halogens is 1. The Bertz CT molecular complexity index is 493. The third kappa shape index (κ3) is 4.87. The van der Waals surface area contributed by atoms with E-state index in [9.17, 15) is 8.42 Å². The molecule has 3 N–H and O–H groups in total. The maximum absolute atomic E-state index is 11.9. The number of ether oxygens (including phenoxy) is 2. The highest BCUT2D eigenvalue weighted by molar-refractivity contribution is 7.89. The number of rotatable bonds is 7.